The molecule has 0 atom stereocenters. The van der Waals surface area contributed by atoms with Crippen LogP contribution >= 0.6 is 15.6 Å². The van der Waals surface area contributed by atoms with Crippen molar-refractivity contribution in [2.24, 2.45) is 0 Å². The number of rotatable bonds is 0. The summed E-state index contributed by atoms with van der Waals surface area (Å²) in [4.78, 5) is 51.3. The molecule has 0 aliphatic carbocycles. The van der Waals surface area contributed by atoms with E-state index in [0.717, 1.165) is 0 Å². The number of phosphoric acid groups is 2. The smallest absolute Gasteiger partial charge is 0 e. The van der Waals surface area contributed by atoms with Gasteiger partial charge in [0, 0.05) is 19.5 Å². The molecule has 0 amide bonds. The Hall–Kier alpha value is 0.843. The molecule has 0 bridgehead atoms. The van der Waals surface area contributed by atoms with Crippen LogP contribution in [0.25, 0.3) is 0 Å². The number of hydrogen-bond acceptors (Lipinski definition) is 8. The maximum absolute atomic E-state index is 8.55. The first-order valence-electron chi connectivity index (χ1n) is 1.46. The van der Waals surface area contributed by atoms with Crippen LogP contribution in [-0.2, 0) is 28.6 Å². The van der Waals surface area contributed by atoms with Gasteiger partial charge in [-0.3, -0.25) is 0 Å². The van der Waals surface area contributed by atoms with Gasteiger partial charge in [-0.2, -0.15) is 15.6 Å². The third-order valence-corrected chi connectivity index (χ3v) is 0. The van der Waals surface area contributed by atoms with Crippen molar-refractivity contribution in [3.63, 3.8) is 0 Å². The maximum Gasteiger partial charge on any atom is 0 e. The molecule has 0 saturated heterocycles. The predicted octanol–water partition coefficient (Wildman–Crippen LogP) is -5.65. The Morgan fingerprint density at radius 2 is 0.636 bits per heavy atom. The standard InChI is InChI=1S/2H3O4P.Rh/c2*1-5(2,3)4;/h2*(H3,1,2,3,4);/p-6. The molecule has 0 aromatic carbocycles. The molecule has 0 aliphatic rings. The molecule has 1 radical (unpaired) electrons. The molecule has 0 aromatic heterocycles. The summed E-state index contributed by atoms with van der Waals surface area (Å²) in [5, 5.41) is 0. The molecule has 0 spiro atoms. The molecule has 0 fully saturated rings. The van der Waals surface area contributed by atoms with Crippen LogP contribution in [0, 0.1) is 0 Å². The molecule has 11 heteroatoms. The summed E-state index contributed by atoms with van der Waals surface area (Å²) in [6, 6.07) is 0. The van der Waals surface area contributed by atoms with Crippen molar-refractivity contribution in [3.8, 4) is 0 Å². The van der Waals surface area contributed by atoms with Crippen LogP contribution in [0.1, 0.15) is 0 Å². The third kappa shape index (κ3) is 1190. The quantitative estimate of drug-likeness (QED) is 0.314. The molecule has 0 heterocycles. The van der Waals surface area contributed by atoms with Gasteiger partial charge in [0.2, 0.25) is 0 Å². The Balaban J connectivity index is -0.000000107. The second kappa shape index (κ2) is 6.37. The van der Waals surface area contributed by atoms with E-state index in [4.69, 9.17) is 38.5 Å². The van der Waals surface area contributed by atoms with Gasteiger partial charge >= 0.3 is 0 Å². The van der Waals surface area contributed by atoms with Crippen LogP contribution in [0.5, 0.6) is 0 Å². The zero-order valence-corrected chi connectivity index (χ0v) is 7.92. The molecule has 0 N–H and O–H groups in total. The van der Waals surface area contributed by atoms with Crippen molar-refractivity contribution in [3.05, 3.63) is 0 Å². The minimum atomic E-state index is -5.39. The van der Waals surface area contributed by atoms with Crippen LogP contribution in [0.3, 0.4) is 0 Å². The average molecular weight is 293 g/mol. The van der Waals surface area contributed by atoms with Crippen LogP contribution in [-0.4, -0.2) is 0 Å². The largest absolute Gasteiger partial charge is 0.822 e. The number of hydrogen-bond donors (Lipinski definition) is 0. The molecular formula is O8P2Rh-6. The van der Waals surface area contributed by atoms with E-state index in [-0.39, 0.29) is 19.5 Å². The summed E-state index contributed by atoms with van der Waals surface area (Å²) < 4.78 is 17.1. The van der Waals surface area contributed by atoms with Gasteiger partial charge in [0.15, 0.2) is 0 Å². The van der Waals surface area contributed by atoms with E-state index in [2.05, 4.69) is 0 Å². The van der Waals surface area contributed by atoms with E-state index in [1.807, 2.05) is 0 Å². The summed E-state index contributed by atoms with van der Waals surface area (Å²) in [5.41, 5.74) is 0. The Morgan fingerprint density at radius 3 is 0.636 bits per heavy atom. The van der Waals surface area contributed by atoms with E-state index in [9.17, 15) is 0 Å². The first kappa shape index (κ1) is 17.8. The van der Waals surface area contributed by atoms with Crippen LogP contribution in [0.2, 0.25) is 0 Å². The molecule has 0 rings (SSSR count). The molecule has 0 saturated carbocycles. The molecule has 8 nitrogen and oxygen atoms in total. The van der Waals surface area contributed by atoms with E-state index < -0.39 is 15.6 Å². The van der Waals surface area contributed by atoms with Gasteiger partial charge in [-0.1, -0.05) is 0 Å². The minimum absolute atomic E-state index is 0. The first-order chi connectivity index (χ1) is 4.00. The average Bonchev–Trinajstić information content (AvgIpc) is 1.12. The Morgan fingerprint density at radius 1 is 0.636 bits per heavy atom. The fourth-order valence-electron chi connectivity index (χ4n) is 0. The van der Waals surface area contributed by atoms with Gasteiger partial charge in [-0.05, 0) is 0 Å². The second-order valence-corrected chi connectivity index (χ2v) is 2.68. The van der Waals surface area contributed by atoms with E-state index in [0.29, 0.717) is 0 Å². The van der Waals surface area contributed by atoms with Crippen molar-refractivity contribution < 1.29 is 58.0 Å². The zero-order valence-electron chi connectivity index (χ0n) is 4.49. The van der Waals surface area contributed by atoms with Crippen molar-refractivity contribution in [1.29, 1.82) is 0 Å². The second-order valence-electron chi connectivity index (χ2n) is 0.894. The monoisotopic (exact) mass is 293 g/mol. The molecule has 11 heavy (non-hydrogen) atoms. The Kier molecular flexibility index (Phi) is 10.3. The minimum Gasteiger partial charge on any atom is -0.822 e. The predicted molar refractivity (Wildman–Crippen MR) is 15.2 cm³/mol. The van der Waals surface area contributed by atoms with Gasteiger partial charge in [0.05, 0.1) is 0 Å². The third-order valence-electron chi connectivity index (χ3n) is 0. The van der Waals surface area contributed by atoms with Gasteiger partial charge in [0.25, 0.3) is 0 Å². The summed E-state index contributed by atoms with van der Waals surface area (Å²) >= 11 is 0. The molecular weight excluding hydrogens is 293 g/mol. The van der Waals surface area contributed by atoms with Crippen molar-refractivity contribution >= 4 is 15.6 Å². The summed E-state index contributed by atoms with van der Waals surface area (Å²) in [5.74, 6) is 0. The fraction of sp³-hybridized carbons (Fsp3) is 0. The van der Waals surface area contributed by atoms with E-state index in [1.54, 1.807) is 0 Å². The summed E-state index contributed by atoms with van der Waals surface area (Å²) in [6.07, 6.45) is 0. The topological polar surface area (TPSA) is 172 Å². The van der Waals surface area contributed by atoms with Crippen LogP contribution in [0.4, 0.5) is 0 Å². The van der Waals surface area contributed by atoms with Crippen LogP contribution < -0.4 is 29.4 Å². The zero-order chi connectivity index (χ0) is 9.00. The van der Waals surface area contributed by atoms with Crippen molar-refractivity contribution in [1.82, 2.24) is 0 Å². The Bertz CT molecular complexity index is 124. The molecule has 73 valence electrons. The van der Waals surface area contributed by atoms with Gasteiger partial charge in [0.1, 0.15) is 0 Å². The van der Waals surface area contributed by atoms with Crippen LogP contribution in [0.15, 0.2) is 0 Å². The van der Waals surface area contributed by atoms with Gasteiger partial charge in [-0.15, -0.1) is 0 Å². The molecule has 0 aromatic rings. The molecule has 0 unspecified atom stereocenters. The van der Waals surface area contributed by atoms with Gasteiger partial charge in [-0.25, -0.2) is 0 Å². The maximum atomic E-state index is 8.55. The fourth-order valence-corrected chi connectivity index (χ4v) is 0. The van der Waals surface area contributed by atoms with Gasteiger partial charge < -0.3 is 38.5 Å². The summed E-state index contributed by atoms with van der Waals surface area (Å²) in [7, 11) is -10.8. The summed E-state index contributed by atoms with van der Waals surface area (Å²) in [6.45, 7) is 0. The van der Waals surface area contributed by atoms with E-state index >= 15 is 0 Å². The van der Waals surface area contributed by atoms with Crippen molar-refractivity contribution in [2.75, 3.05) is 0 Å². The SMILES string of the molecule is O=P([O-])([O-])[O-].O=P([O-])([O-])[O-].[Rh]. The Labute approximate surface area is 74.1 Å². The normalized spacial score (nSPS) is 10.7. The van der Waals surface area contributed by atoms with Crippen molar-refractivity contribution in [2.45, 2.75) is 0 Å². The first-order valence-corrected chi connectivity index (χ1v) is 4.38. The molecule has 0 aliphatic heterocycles. The van der Waals surface area contributed by atoms with E-state index in [1.165, 1.54) is 0 Å².